The molecule has 1 fully saturated rings. The molecule has 3 amide bonds. The Morgan fingerprint density at radius 2 is 1.68 bits per heavy atom. The minimum Gasteiger partial charge on any atom is -0.369 e. The monoisotopic (exact) mass is 430 g/mol. The van der Waals surface area contributed by atoms with Gasteiger partial charge in [-0.3, -0.25) is 14.4 Å². The van der Waals surface area contributed by atoms with Gasteiger partial charge < -0.3 is 21.3 Å². The summed E-state index contributed by atoms with van der Waals surface area (Å²) in [6.45, 7) is 10.6. The summed E-state index contributed by atoms with van der Waals surface area (Å²) < 4.78 is 0. The summed E-state index contributed by atoms with van der Waals surface area (Å²) in [6, 6.07) is 7.29. The first kappa shape index (κ1) is 24.9. The van der Waals surface area contributed by atoms with Crippen LogP contribution in [0, 0.1) is 17.8 Å². The summed E-state index contributed by atoms with van der Waals surface area (Å²) in [6.07, 6.45) is 3.00. The summed E-state index contributed by atoms with van der Waals surface area (Å²) in [5, 5.41) is 5.78. The van der Waals surface area contributed by atoms with Gasteiger partial charge in [0.15, 0.2) is 0 Å². The van der Waals surface area contributed by atoms with E-state index in [1.54, 1.807) is 0 Å². The first-order valence-electron chi connectivity index (χ1n) is 11.4. The Morgan fingerprint density at radius 1 is 1.06 bits per heavy atom. The van der Waals surface area contributed by atoms with Crippen LogP contribution in [0.25, 0.3) is 0 Å². The van der Waals surface area contributed by atoms with E-state index in [0.717, 1.165) is 44.6 Å². The Balaban J connectivity index is 1.83. The van der Waals surface area contributed by atoms with E-state index in [0.29, 0.717) is 6.42 Å². The van der Waals surface area contributed by atoms with Crippen molar-refractivity contribution in [1.82, 2.24) is 10.2 Å². The number of hydrogen-bond acceptors (Lipinski definition) is 4. The number of anilines is 1. The minimum absolute atomic E-state index is 0.00547. The van der Waals surface area contributed by atoms with Gasteiger partial charge in [-0.15, -0.1) is 0 Å². The fraction of sp³-hybridized carbons (Fsp3) is 0.625. The molecule has 0 aliphatic carbocycles. The summed E-state index contributed by atoms with van der Waals surface area (Å²) in [5.74, 6) is -0.219. The maximum Gasteiger partial charge on any atom is 0.247 e. The van der Waals surface area contributed by atoms with Gasteiger partial charge in [0.25, 0.3) is 0 Å². The second kappa shape index (κ2) is 11.8. The molecule has 0 radical (unpaired) electrons. The SMILES string of the molecule is CC(C)CC(=O)NC(C(=O)Nc1ccc(CCN2CCC(C(N)=O)CC2)cc1)C(C)C. The van der Waals surface area contributed by atoms with Gasteiger partial charge >= 0.3 is 0 Å². The largest absolute Gasteiger partial charge is 0.369 e. The van der Waals surface area contributed by atoms with Gasteiger partial charge in [-0.25, -0.2) is 0 Å². The van der Waals surface area contributed by atoms with E-state index < -0.39 is 6.04 Å². The van der Waals surface area contributed by atoms with Gasteiger partial charge in [0, 0.05) is 24.6 Å². The van der Waals surface area contributed by atoms with Crippen LogP contribution in [-0.2, 0) is 20.8 Å². The lowest BCUT2D eigenvalue weighted by Crippen LogP contribution is -2.47. The smallest absolute Gasteiger partial charge is 0.247 e. The molecule has 2 rings (SSSR count). The van der Waals surface area contributed by atoms with Crippen molar-refractivity contribution in [1.29, 1.82) is 0 Å². The summed E-state index contributed by atoms with van der Waals surface area (Å²) in [7, 11) is 0. The molecule has 7 nitrogen and oxygen atoms in total. The Hall–Kier alpha value is -2.41. The molecule has 31 heavy (non-hydrogen) atoms. The van der Waals surface area contributed by atoms with Crippen LogP contribution >= 0.6 is 0 Å². The number of nitrogens with zero attached hydrogens (tertiary/aromatic N) is 1. The van der Waals surface area contributed by atoms with Crippen molar-refractivity contribution < 1.29 is 14.4 Å². The van der Waals surface area contributed by atoms with Crippen LogP contribution in [0.2, 0.25) is 0 Å². The van der Waals surface area contributed by atoms with Crippen molar-refractivity contribution in [3.8, 4) is 0 Å². The highest BCUT2D eigenvalue weighted by Gasteiger charge is 2.25. The third-order valence-corrected chi connectivity index (χ3v) is 5.79. The van der Waals surface area contributed by atoms with E-state index in [2.05, 4.69) is 15.5 Å². The number of rotatable bonds is 10. The molecule has 1 saturated heterocycles. The Morgan fingerprint density at radius 3 is 2.19 bits per heavy atom. The van der Waals surface area contributed by atoms with E-state index in [1.165, 1.54) is 5.56 Å². The van der Waals surface area contributed by atoms with Crippen LogP contribution in [0.5, 0.6) is 0 Å². The molecule has 1 aromatic rings. The average molecular weight is 431 g/mol. The Kier molecular flexibility index (Phi) is 9.49. The van der Waals surface area contributed by atoms with Crippen molar-refractivity contribution in [2.75, 3.05) is 25.0 Å². The van der Waals surface area contributed by atoms with Crippen LogP contribution < -0.4 is 16.4 Å². The molecular formula is C24H38N4O3. The number of hydrogen-bond donors (Lipinski definition) is 3. The van der Waals surface area contributed by atoms with Crippen LogP contribution in [-0.4, -0.2) is 48.3 Å². The predicted molar refractivity (Wildman–Crippen MR) is 123 cm³/mol. The number of amides is 3. The number of nitrogens with one attached hydrogen (secondary N) is 2. The molecule has 1 unspecified atom stereocenters. The molecule has 0 saturated carbocycles. The van der Waals surface area contributed by atoms with Crippen LogP contribution in [0.15, 0.2) is 24.3 Å². The number of carbonyl (C=O) groups excluding carboxylic acids is 3. The second-order valence-electron chi connectivity index (χ2n) is 9.34. The minimum atomic E-state index is -0.561. The van der Waals surface area contributed by atoms with Crippen LogP contribution in [0.3, 0.4) is 0 Å². The quantitative estimate of drug-likeness (QED) is 0.530. The molecular weight excluding hydrogens is 392 g/mol. The lowest BCUT2D eigenvalue weighted by Gasteiger charge is -2.30. The maximum atomic E-state index is 12.7. The zero-order chi connectivity index (χ0) is 23.0. The summed E-state index contributed by atoms with van der Waals surface area (Å²) >= 11 is 0. The lowest BCUT2D eigenvalue weighted by atomic mass is 9.96. The van der Waals surface area contributed by atoms with Crippen LogP contribution in [0.1, 0.15) is 52.5 Å². The molecule has 1 aromatic carbocycles. The first-order chi connectivity index (χ1) is 14.7. The molecule has 0 spiro atoms. The van der Waals surface area contributed by atoms with Crippen molar-refractivity contribution in [3.05, 3.63) is 29.8 Å². The second-order valence-corrected chi connectivity index (χ2v) is 9.34. The highest BCUT2D eigenvalue weighted by atomic mass is 16.2. The van der Waals surface area contributed by atoms with Gasteiger partial charge in [0.2, 0.25) is 17.7 Å². The Bertz CT molecular complexity index is 738. The fourth-order valence-corrected chi connectivity index (χ4v) is 3.84. The highest BCUT2D eigenvalue weighted by molar-refractivity contribution is 5.97. The summed E-state index contributed by atoms with van der Waals surface area (Å²) in [4.78, 5) is 38.4. The number of carbonyl (C=O) groups is 3. The lowest BCUT2D eigenvalue weighted by molar-refractivity contribution is -0.127. The van der Waals surface area contributed by atoms with Crippen molar-refractivity contribution in [2.24, 2.45) is 23.5 Å². The number of piperidine rings is 1. The third-order valence-electron chi connectivity index (χ3n) is 5.79. The van der Waals surface area contributed by atoms with E-state index in [9.17, 15) is 14.4 Å². The summed E-state index contributed by atoms with van der Waals surface area (Å²) in [5.41, 5.74) is 7.31. The van der Waals surface area contributed by atoms with E-state index in [4.69, 9.17) is 5.73 Å². The first-order valence-corrected chi connectivity index (χ1v) is 11.4. The Labute approximate surface area is 186 Å². The number of nitrogens with two attached hydrogens (primary N) is 1. The molecule has 7 heteroatoms. The van der Waals surface area contributed by atoms with Gasteiger partial charge in [-0.1, -0.05) is 39.8 Å². The fourth-order valence-electron chi connectivity index (χ4n) is 3.84. The molecule has 0 aromatic heterocycles. The van der Waals surface area contributed by atoms with Gasteiger partial charge in [-0.05, 0) is 61.9 Å². The van der Waals surface area contributed by atoms with Crippen molar-refractivity contribution in [2.45, 2.75) is 59.4 Å². The molecule has 1 aliphatic rings. The van der Waals surface area contributed by atoms with Crippen LogP contribution in [0.4, 0.5) is 5.69 Å². The zero-order valence-corrected chi connectivity index (χ0v) is 19.3. The third kappa shape index (κ3) is 8.32. The molecule has 1 heterocycles. The number of likely N-dealkylation sites (tertiary alicyclic amines) is 1. The zero-order valence-electron chi connectivity index (χ0n) is 19.3. The number of benzene rings is 1. The van der Waals surface area contributed by atoms with Crippen molar-refractivity contribution in [3.63, 3.8) is 0 Å². The standard InChI is InChI=1S/C24H38N4O3/c1-16(2)15-21(29)27-22(17(3)4)24(31)26-20-7-5-18(6-8-20)9-12-28-13-10-19(11-14-28)23(25)30/h5-8,16-17,19,22H,9-15H2,1-4H3,(H2,25,30)(H,26,31)(H,27,29). The topological polar surface area (TPSA) is 105 Å². The van der Waals surface area contributed by atoms with Gasteiger partial charge in [0.05, 0.1) is 0 Å². The highest BCUT2D eigenvalue weighted by Crippen LogP contribution is 2.18. The van der Waals surface area contributed by atoms with Crippen molar-refractivity contribution >= 4 is 23.4 Å². The van der Waals surface area contributed by atoms with E-state index in [-0.39, 0.29) is 35.5 Å². The van der Waals surface area contributed by atoms with E-state index in [1.807, 2.05) is 52.0 Å². The molecule has 1 atom stereocenters. The normalized spacial score (nSPS) is 16.3. The molecule has 1 aliphatic heterocycles. The van der Waals surface area contributed by atoms with Gasteiger partial charge in [-0.2, -0.15) is 0 Å². The molecule has 172 valence electrons. The number of primary amides is 1. The molecule has 4 N–H and O–H groups in total. The van der Waals surface area contributed by atoms with Gasteiger partial charge in [0.1, 0.15) is 6.04 Å². The van der Waals surface area contributed by atoms with E-state index >= 15 is 0 Å². The maximum absolute atomic E-state index is 12.7. The molecule has 0 bridgehead atoms. The average Bonchev–Trinajstić information content (AvgIpc) is 2.71. The predicted octanol–water partition coefficient (Wildman–Crippen LogP) is 2.55.